The first-order chi connectivity index (χ1) is 7.74. The lowest BCUT2D eigenvalue weighted by Crippen LogP contribution is -2.05. The fraction of sp³-hybridized carbons (Fsp3) is 0.300. The predicted molar refractivity (Wildman–Crippen MR) is 59.5 cm³/mol. The number of aromatic nitrogens is 3. The molecule has 0 saturated carbocycles. The fourth-order valence-electron chi connectivity index (χ4n) is 1.38. The van der Waals surface area contributed by atoms with Crippen LogP contribution >= 0.6 is 11.3 Å². The monoisotopic (exact) mass is 237 g/mol. The molecule has 0 fully saturated rings. The van der Waals surface area contributed by atoms with Crippen LogP contribution in [0.25, 0.3) is 0 Å². The third kappa shape index (κ3) is 1.89. The Labute approximate surface area is 96.8 Å². The van der Waals surface area contributed by atoms with Gasteiger partial charge < -0.3 is 9.84 Å². The Bertz CT molecular complexity index is 486. The van der Waals surface area contributed by atoms with Crippen LogP contribution in [0.4, 0.5) is 0 Å². The van der Waals surface area contributed by atoms with Gasteiger partial charge in [0.25, 0.3) is 0 Å². The molecule has 0 saturated heterocycles. The van der Waals surface area contributed by atoms with E-state index in [2.05, 4.69) is 15.0 Å². The highest BCUT2D eigenvalue weighted by Crippen LogP contribution is 2.30. The zero-order valence-electron chi connectivity index (χ0n) is 8.91. The summed E-state index contributed by atoms with van der Waals surface area (Å²) in [6.45, 7) is 1.85. The number of aliphatic hydroxyl groups is 1. The Morgan fingerprint density at radius 3 is 2.69 bits per heavy atom. The van der Waals surface area contributed by atoms with E-state index in [1.807, 2.05) is 6.92 Å². The van der Waals surface area contributed by atoms with Gasteiger partial charge >= 0.3 is 0 Å². The van der Waals surface area contributed by atoms with Crippen LogP contribution in [0.5, 0.6) is 5.88 Å². The van der Waals surface area contributed by atoms with E-state index in [4.69, 9.17) is 4.74 Å². The average Bonchev–Trinajstić information content (AvgIpc) is 2.74. The smallest absolute Gasteiger partial charge is 0.238 e. The van der Waals surface area contributed by atoms with Crippen molar-refractivity contribution in [1.29, 1.82) is 0 Å². The standard InChI is InChI=1S/C10H11N3O2S/c1-6-9(16-5-13-6)8(14)7-10(15-2)12-4-3-11-7/h3-5,8,14H,1-2H3. The van der Waals surface area contributed by atoms with Gasteiger partial charge in [-0.05, 0) is 6.92 Å². The van der Waals surface area contributed by atoms with Gasteiger partial charge in [0.15, 0.2) is 0 Å². The van der Waals surface area contributed by atoms with Crippen molar-refractivity contribution in [1.82, 2.24) is 15.0 Å². The van der Waals surface area contributed by atoms with Gasteiger partial charge in [0.1, 0.15) is 11.8 Å². The normalized spacial score (nSPS) is 12.4. The maximum absolute atomic E-state index is 10.2. The molecule has 0 spiro atoms. The van der Waals surface area contributed by atoms with Crippen molar-refractivity contribution >= 4 is 11.3 Å². The molecule has 5 nitrogen and oxygen atoms in total. The molecule has 1 unspecified atom stereocenters. The van der Waals surface area contributed by atoms with E-state index in [1.54, 1.807) is 5.51 Å². The van der Waals surface area contributed by atoms with Gasteiger partial charge in [0.05, 0.1) is 23.2 Å². The SMILES string of the molecule is COc1nccnc1C(O)c1scnc1C. The highest BCUT2D eigenvalue weighted by Gasteiger charge is 2.21. The van der Waals surface area contributed by atoms with Crippen molar-refractivity contribution < 1.29 is 9.84 Å². The molecule has 0 aliphatic heterocycles. The average molecular weight is 237 g/mol. The molecule has 84 valence electrons. The van der Waals surface area contributed by atoms with Gasteiger partial charge in [0.2, 0.25) is 5.88 Å². The summed E-state index contributed by atoms with van der Waals surface area (Å²) in [7, 11) is 1.50. The zero-order chi connectivity index (χ0) is 11.5. The first kappa shape index (κ1) is 11.0. The second-order valence-electron chi connectivity index (χ2n) is 3.16. The lowest BCUT2D eigenvalue weighted by Gasteiger charge is -2.11. The van der Waals surface area contributed by atoms with Gasteiger partial charge in [-0.25, -0.2) is 9.97 Å². The number of thiazole rings is 1. The molecule has 0 aliphatic rings. The Kier molecular flexibility index (Phi) is 3.12. The molecule has 6 heteroatoms. The highest BCUT2D eigenvalue weighted by atomic mass is 32.1. The van der Waals surface area contributed by atoms with Crippen molar-refractivity contribution in [2.75, 3.05) is 7.11 Å². The lowest BCUT2D eigenvalue weighted by atomic mass is 10.2. The summed E-state index contributed by atoms with van der Waals surface area (Å²) >= 11 is 1.39. The number of methoxy groups -OCH3 is 1. The van der Waals surface area contributed by atoms with Crippen molar-refractivity contribution in [3.63, 3.8) is 0 Å². The van der Waals surface area contributed by atoms with Crippen molar-refractivity contribution in [2.24, 2.45) is 0 Å². The van der Waals surface area contributed by atoms with E-state index in [0.29, 0.717) is 11.6 Å². The number of rotatable bonds is 3. The largest absolute Gasteiger partial charge is 0.480 e. The Balaban J connectivity index is 2.41. The number of hydrogen-bond acceptors (Lipinski definition) is 6. The van der Waals surface area contributed by atoms with Crippen LogP contribution in [-0.4, -0.2) is 27.2 Å². The minimum atomic E-state index is -0.837. The summed E-state index contributed by atoms with van der Waals surface area (Å²) in [5.74, 6) is 0.336. The first-order valence-electron chi connectivity index (χ1n) is 4.67. The molecule has 2 aromatic rings. The minimum Gasteiger partial charge on any atom is -0.480 e. The molecule has 1 atom stereocenters. The van der Waals surface area contributed by atoms with Gasteiger partial charge in [-0.1, -0.05) is 0 Å². The van der Waals surface area contributed by atoms with E-state index in [9.17, 15) is 5.11 Å². The van der Waals surface area contributed by atoms with Gasteiger partial charge in [-0.3, -0.25) is 4.98 Å². The summed E-state index contributed by atoms with van der Waals surface area (Å²) in [4.78, 5) is 12.9. The predicted octanol–water partition coefficient (Wildman–Crippen LogP) is 1.33. The molecule has 0 aliphatic carbocycles. The molecule has 2 aromatic heterocycles. The van der Waals surface area contributed by atoms with Crippen LogP contribution in [0.3, 0.4) is 0 Å². The minimum absolute atomic E-state index is 0.336. The van der Waals surface area contributed by atoms with Crippen molar-refractivity contribution in [3.05, 3.63) is 34.2 Å². The summed E-state index contributed by atoms with van der Waals surface area (Å²) in [6, 6.07) is 0. The quantitative estimate of drug-likeness (QED) is 0.872. The number of nitrogens with zero attached hydrogens (tertiary/aromatic N) is 3. The van der Waals surface area contributed by atoms with Crippen LogP contribution < -0.4 is 4.74 Å². The van der Waals surface area contributed by atoms with E-state index in [0.717, 1.165) is 10.6 Å². The second-order valence-corrected chi connectivity index (χ2v) is 4.04. The molecule has 1 N–H and O–H groups in total. The maximum Gasteiger partial charge on any atom is 0.238 e. The van der Waals surface area contributed by atoms with E-state index < -0.39 is 6.10 Å². The fourth-order valence-corrected chi connectivity index (χ4v) is 2.17. The number of ether oxygens (including phenoxy) is 1. The topological polar surface area (TPSA) is 68.1 Å². The van der Waals surface area contributed by atoms with Crippen LogP contribution in [0.1, 0.15) is 22.4 Å². The highest BCUT2D eigenvalue weighted by molar-refractivity contribution is 7.09. The summed E-state index contributed by atoms with van der Waals surface area (Å²) in [5.41, 5.74) is 2.90. The second kappa shape index (κ2) is 4.54. The lowest BCUT2D eigenvalue weighted by molar-refractivity contribution is 0.210. The Morgan fingerprint density at radius 2 is 2.06 bits per heavy atom. The van der Waals surface area contributed by atoms with Crippen LogP contribution in [0, 0.1) is 6.92 Å². The molecule has 0 bridgehead atoms. The Morgan fingerprint density at radius 1 is 1.31 bits per heavy atom. The molecular weight excluding hydrogens is 226 g/mol. The zero-order valence-corrected chi connectivity index (χ0v) is 9.73. The van der Waals surface area contributed by atoms with Gasteiger partial charge in [0, 0.05) is 12.4 Å². The van der Waals surface area contributed by atoms with Crippen LogP contribution in [0.15, 0.2) is 17.9 Å². The third-order valence-corrected chi connectivity index (χ3v) is 3.16. The van der Waals surface area contributed by atoms with E-state index in [1.165, 1.54) is 30.8 Å². The van der Waals surface area contributed by atoms with E-state index >= 15 is 0 Å². The summed E-state index contributed by atoms with van der Waals surface area (Å²) in [6.07, 6.45) is 2.21. The first-order valence-corrected chi connectivity index (χ1v) is 5.55. The van der Waals surface area contributed by atoms with Crippen LogP contribution in [0.2, 0.25) is 0 Å². The molecule has 0 aromatic carbocycles. The Hall–Kier alpha value is -1.53. The van der Waals surface area contributed by atoms with Crippen molar-refractivity contribution in [3.8, 4) is 5.88 Å². The van der Waals surface area contributed by atoms with Gasteiger partial charge in [-0.2, -0.15) is 0 Å². The number of aryl methyl sites for hydroxylation is 1. The molecule has 2 rings (SSSR count). The summed E-state index contributed by atoms with van der Waals surface area (Å²) in [5, 5.41) is 10.2. The summed E-state index contributed by atoms with van der Waals surface area (Å²) < 4.78 is 5.05. The van der Waals surface area contributed by atoms with Crippen LogP contribution in [-0.2, 0) is 0 Å². The maximum atomic E-state index is 10.2. The van der Waals surface area contributed by atoms with E-state index in [-0.39, 0.29) is 0 Å². The van der Waals surface area contributed by atoms with Crippen molar-refractivity contribution in [2.45, 2.75) is 13.0 Å². The van der Waals surface area contributed by atoms with Gasteiger partial charge in [-0.15, -0.1) is 11.3 Å². The molecule has 0 radical (unpaired) electrons. The molecular formula is C10H11N3O2S. The molecule has 2 heterocycles. The molecule has 0 amide bonds. The number of aliphatic hydroxyl groups excluding tert-OH is 1. The number of hydrogen-bond donors (Lipinski definition) is 1. The third-order valence-electron chi connectivity index (χ3n) is 2.17. The molecule has 16 heavy (non-hydrogen) atoms.